The number of phenols is 1. The minimum absolute atomic E-state index is 0.0182. The van der Waals surface area contributed by atoms with Gasteiger partial charge >= 0.3 is 0 Å². The molecule has 2 fully saturated rings. The Hall–Kier alpha value is -10.1. The molecule has 0 unspecified atom stereocenters. The predicted molar refractivity (Wildman–Crippen MR) is 337 cm³/mol. The molecule has 0 bridgehead atoms. The largest absolute Gasteiger partial charge is 0.508 e. The summed E-state index contributed by atoms with van der Waals surface area (Å²) >= 11 is 0. The van der Waals surface area contributed by atoms with Crippen molar-refractivity contribution in [1.29, 1.82) is 0 Å². The molecule has 6 rings (SSSR count). The van der Waals surface area contributed by atoms with Crippen molar-refractivity contribution >= 4 is 87.7 Å². The number of aromatic nitrogens is 3. The Bertz CT molecular complexity index is 3300. The summed E-state index contributed by atoms with van der Waals surface area (Å²) < 4.78 is 0. The zero-order valence-electron chi connectivity index (χ0n) is 52.2. The Morgan fingerprint density at radius 3 is 1.97 bits per heavy atom. The molecule has 2 saturated heterocycles. The summed E-state index contributed by atoms with van der Waals surface area (Å²) in [5.41, 5.74) is 18.5. The van der Waals surface area contributed by atoms with Crippen molar-refractivity contribution in [3.8, 4) is 5.75 Å². The lowest BCUT2D eigenvalue weighted by Crippen LogP contribution is -2.60. The number of amides is 12. The van der Waals surface area contributed by atoms with E-state index in [0.717, 1.165) is 5.52 Å². The van der Waals surface area contributed by atoms with E-state index < -0.39 is 133 Å². The SMILES string of the molecule is CC(=O)N[C@H](CCCCNC(=O)[C@H](Cc1ccc(O)cc1)NC(=O)[C@H](CO)NC(=O)[C@H](Cc1c[nH]c2ccccc12)NC(=O)[C@H](Cc1cnc[nH]1)NC(=O)[C@@H]1CCC(=O)N1)C(=O)N[C@@H](CC(C)C)C(=O)N[C@@H](CCCN=C(N)N)C(=O)N1CCC[C@H]1C(=O)NCC(N)=O. The number of H-pyrrole nitrogens is 2. The summed E-state index contributed by atoms with van der Waals surface area (Å²) in [6, 6.07) is 1.76. The van der Waals surface area contributed by atoms with Crippen LogP contribution in [0.2, 0.25) is 0 Å². The van der Waals surface area contributed by atoms with Crippen LogP contribution in [0.15, 0.2) is 72.2 Å². The number of benzene rings is 2. The summed E-state index contributed by atoms with van der Waals surface area (Å²) in [6.45, 7) is 3.69. The van der Waals surface area contributed by atoms with Gasteiger partial charge in [0.2, 0.25) is 70.9 Å². The number of para-hydroxylation sites is 1. The average molecular weight is 1300 g/mol. The van der Waals surface area contributed by atoms with E-state index in [-0.39, 0.29) is 120 Å². The molecule has 20 N–H and O–H groups in total. The van der Waals surface area contributed by atoms with Gasteiger partial charge in [0.1, 0.15) is 60.1 Å². The highest BCUT2D eigenvalue weighted by atomic mass is 16.3. The molecule has 2 aliphatic rings. The van der Waals surface area contributed by atoms with Crippen molar-refractivity contribution in [3.05, 3.63) is 84.1 Å². The van der Waals surface area contributed by atoms with E-state index in [0.29, 0.717) is 28.6 Å². The average Bonchev–Trinajstić information content (AvgIpc) is 1.83. The molecule has 12 amide bonds. The van der Waals surface area contributed by atoms with Crippen molar-refractivity contribution in [2.45, 2.75) is 159 Å². The molecule has 32 heteroatoms. The highest BCUT2D eigenvalue weighted by molar-refractivity contribution is 5.99. The molecule has 2 aromatic carbocycles. The van der Waals surface area contributed by atoms with Crippen molar-refractivity contribution < 1.29 is 67.7 Å². The number of aromatic amines is 2. The third-order valence-electron chi connectivity index (χ3n) is 15.6. The molecule has 32 nitrogen and oxygen atoms in total. The van der Waals surface area contributed by atoms with Crippen LogP contribution in [0.4, 0.5) is 0 Å². The lowest BCUT2D eigenvalue weighted by molar-refractivity contribution is -0.142. The van der Waals surface area contributed by atoms with Gasteiger partial charge in [-0.05, 0) is 93.0 Å². The smallest absolute Gasteiger partial charge is 0.245 e. The first-order chi connectivity index (χ1) is 44.4. The monoisotopic (exact) mass is 1290 g/mol. The molecule has 0 aliphatic carbocycles. The lowest BCUT2D eigenvalue weighted by atomic mass is 10.0. The van der Waals surface area contributed by atoms with E-state index in [1.807, 2.05) is 19.9 Å². The van der Waals surface area contributed by atoms with Gasteiger partial charge in [-0.2, -0.15) is 0 Å². The summed E-state index contributed by atoms with van der Waals surface area (Å²) in [4.78, 5) is 177. The zero-order valence-corrected chi connectivity index (χ0v) is 52.2. The van der Waals surface area contributed by atoms with Gasteiger partial charge in [-0.25, -0.2) is 4.98 Å². The van der Waals surface area contributed by atoms with E-state index in [2.05, 4.69) is 73.1 Å². The quantitative estimate of drug-likeness (QED) is 0.0118. The number of phenolic OH excluding ortho intramolecular Hbond substituents is 1. The number of guanidine groups is 1. The molecule has 0 spiro atoms. The second-order valence-corrected chi connectivity index (χ2v) is 23.4. The Morgan fingerprint density at radius 1 is 0.688 bits per heavy atom. The first kappa shape index (κ1) is 71.9. The van der Waals surface area contributed by atoms with Crippen LogP contribution in [0.25, 0.3) is 10.9 Å². The number of primary amides is 1. The number of aromatic hydroxyl groups is 1. The van der Waals surface area contributed by atoms with Crippen molar-refractivity contribution in [3.63, 3.8) is 0 Å². The highest BCUT2D eigenvalue weighted by Crippen LogP contribution is 2.22. The number of nitrogens with two attached hydrogens (primary N) is 3. The van der Waals surface area contributed by atoms with Gasteiger partial charge in [0.15, 0.2) is 5.96 Å². The summed E-state index contributed by atoms with van der Waals surface area (Å²) in [5.74, 6) is -8.77. The van der Waals surface area contributed by atoms with Crippen LogP contribution >= 0.6 is 0 Å². The predicted octanol–water partition coefficient (Wildman–Crippen LogP) is -3.71. The van der Waals surface area contributed by atoms with Crippen LogP contribution in [0.5, 0.6) is 5.75 Å². The normalized spacial score (nSPS) is 16.6. The van der Waals surface area contributed by atoms with Crippen molar-refractivity contribution in [1.82, 2.24) is 73.0 Å². The standard InChI is InChI=1S/C61H86N18O14/c1-33(2)24-44(55(88)73-43(13-8-22-67-61(63)64)60(93)79-23-9-14-49(79)59(92)69-30-50(62)83)74-53(86)41(71-34(3)81)12-6-7-21-66-52(85)45(25-35-15-17-38(82)18-16-35)75-58(91)48(31-80)78-56(89)46(26-36-28-68-40-11-5-4-10-39(36)40)76-57(90)47(27-37-29-65-32-70-37)77-54(87)42-19-20-51(84)72-42/h4-5,10-11,15-18,28-29,32-33,41-49,68,80,82H,6-9,12-14,19-27,30-31H2,1-3H3,(H2,62,83)(H,65,70)(H,66,85)(H,69,92)(H,71,81)(H,72,84)(H,73,88)(H,74,86)(H,75,91)(H,76,90)(H,77,87)(H,78,89)(H4,63,64,67)/t41-,42+,43+,44+,45+,46+,47+,48+,49+/m1/s1. The molecule has 0 radical (unpaired) electrons. The third-order valence-corrected chi connectivity index (χ3v) is 15.6. The van der Waals surface area contributed by atoms with Crippen LogP contribution in [0, 0.1) is 5.92 Å². The third kappa shape index (κ3) is 22.6. The number of likely N-dealkylation sites (tertiary alicyclic amines) is 1. The molecule has 2 aliphatic heterocycles. The number of hydrogen-bond acceptors (Lipinski definition) is 16. The Morgan fingerprint density at radius 2 is 1.32 bits per heavy atom. The second-order valence-electron chi connectivity index (χ2n) is 23.4. The van der Waals surface area contributed by atoms with Gasteiger partial charge in [0.25, 0.3) is 0 Å². The topological polar surface area (TPSA) is 504 Å². The number of aliphatic hydroxyl groups is 1. The van der Waals surface area contributed by atoms with Crippen LogP contribution in [0.1, 0.15) is 102 Å². The number of aliphatic hydroxyl groups excluding tert-OH is 1. The number of aliphatic imine (C=N–C) groups is 1. The zero-order chi connectivity index (χ0) is 67.7. The number of imidazole rings is 1. The van der Waals surface area contributed by atoms with E-state index in [9.17, 15) is 67.7 Å². The van der Waals surface area contributed by atoms with Crippen LogP contribution in [-0.2, 0) is 76.8 Å². The van der Waals surface area contributed by atoms with Crippen LogP contribution in [0.3, 0.4) is 0 Å². The second kappa shape index (κ2) is 35.5. The highest BCUT2D eigenvalue weighted by Gasteiger charge is 2.40. The van der Waals surface area contributed by atoms with E-state index in [1.54, 1.807) is 24.4 Å². The summed E-state index contributed by atoms with van der Waals surface area (Å²) in [7, 11) is 0. The molecule has 0 saturated carbocycles. The summed E-state index contributed by atoms with van der Waals surface area (Å²) in [6.07, 6.45) is 5.98. The fraction of sp³-hybridized carbons (Fsp3) is 0.508. The number of fused-ring (bicyclic) bond motifs is 1. The van der Waals surface area contributed by atoms with Gasteiger partial charge in [0.05, 0.1) is 19.5 Å². The Labute approximate surface area is 536 Å². The number of nitrogens with zero attached hydrogens (tertiary/aromatic N) is 3. The Kier molecular flexibility index (Phi) is 27.4. The number of rotatable bonds is 36. The lowest BCUT2D eigenvalue weighted by Gasteiger charge is -2.30. The first-order valence-corrected chi connectivity index (χ1v) is 30.9. The summed E-state index contributed by atoms with van der Waals surface area (Å²) in [5, 5.41) is 47.8. The van der Waals surface area contributed by atoms with Crippen LogP contribution in [-0.4, -0.2) is 194 Å². The van der Waals surface area contributed by atoms with E-state index in [4.69, 9.17) is 17.2 Å². The van der Waals surface area contributed by atoms with E-state index >= 15 is 0 Å². The minimum Gasteiger partial charge on any atom is -0.508 e. The van der Waals surface area contributed by atoms with Crippen molar-refractivity contribution in [2.75, 3.05) is 32.8 Å². The number of carbonyl (C=O) groups is 12. The first-order valence-electron chi connectivity index (χ1n) is 30.9. The van der Waals surface area contributed by atoms with E-state index in [1.165, 1.54) is 48.6 Å². The maximum Gasteiger partial charge on any atom is 0.245 e. The minimum atomic E-state index is -1.70. The number of nitrogens with one attached hydrogen (secondary N) is 12. The number of unbranched alkanes of at least 4 members (excludes halogenated alkanes) is 1. The van der Waals surface area contributed by atoms with Crippen molar-refractivity contribution in [2.24, 2.45) is 28.1 Å². The maximum absolute atomic E-state index is 14.5. The fourth-order valence-electron chi connectivity index (χ4n) is 10.9. The Balaban J connectivity index is 1.11. The molecular formula is C61H86N18O14. The maximum atomic E-state index is 14.5. The molecule has 504 valence electrons. The molecule has 2 aromatic heterocycles. The molecule has 4 heterocycles. The van der Waals surface area contributed by atoms with Gasteiger partial charge in [-0.1, -0.05) is 44.2 Å². The molecular weight excluding hydrogens is 1210 g/mol. The molecule has 4 aromatic rings. The van der Waals surface area contributed by atoms with Crippen LogP contribution < -0.4 is 70.4 Å². The fourth-order valence-corrected chi connectivity index (χ4v) is 10.9. The van der Waals surface area contributed by atoms with Gasteiger partial charge in [0, 0.05) is 81.2 Å². The molecule has 93 heavy (non-hydrogen) atoms. The molecule has 9 atom stereocenters. The van der Waals surface area contributed by atoms with Gasteiger partial charge < -0.3 is 95.4 Å². The van der Waals surface area contributed by atoms with Gasteiger partial charge in [-0.3, -0.25) is 62.5 Å². The number of hydrogen-bond donors (Lipinski definition) is 17. The van der Waals surface area contributed by atoms with Gasteiger partial charge in [-0.15, -0.1) is 0 Å². The number of carbonyl (C=O) groups excluding carboxylic acids is 12.